The number of nitriles is 1. The summed E-state index contributed by atoms with van der Waals surface area (Å²) in [5.41, 5.74) is 1.03. The molecule has 0 radical (unpaired) electrons. The summed E-state index contributed by atoms with van der Waals surface area (Å²) in [5.74, 6) is 0. The van der Waals surface area contributed by atoms with Gasteiger partial charge in [0.05, 0.1) is 24.2 Å². The molecule has 0 aliphatic rings. The molecule has 1 unspecified atom stereocenters. The van der Waals surface area contributed by atoms with E-state index in [0.29, 0.717) is 11.1 Å². The van der Waals surface area contributed by atoms with Crippen LogP contribution in [0.2, 0.25) is 0 Å². The fourth-order valence-electron chi connectivity index (χ4n) is 1.37. The molecule has 0 amide bonds. The van der Waals surface area contributed by atoms with Crippen molar-refractivity contribution in [2.75, 3.05) is 13.1 Å². The fourth-order valence-corrected chi connectivity index (χ4v) is 1.37. The number of halogens is 3. The minimum Gasteiger partial charge on any atom is -0.387 e. The number of aliphatic hydroxyl groups is 1. The van der Waals surface area contributed by atoms with E-state index in [1.165, 1.54) is 0 Å². The van der Waals surface area contributed by atoms with Crippen LogP contribution in [0.25, 0.3) is 0 Å². The zero-order valence-corrected chi connectivity index (χ0v) is 9.54. The van der Waals surface area contributed by atoms with Crippen molar-refractivity contribution in [1.82, 2.24) is 5.32 Å². The Hall–Kier alpha value is -1.58. The third kappa shape index (κ3) is 5.17. The van der Waals surface area contributed by atoms with Gasteiger partial charge in [-0.05, 0) is 17.7 Å². The normalized spacial score (nSPS) is 13.1. The van der Waals surface area contributed by atoms with Gasteiger partial charge in [-0.15, -0.1) is 0 Å². The summed E-state index contributed by atoms with van der Waals surface area (Å²) >= 11 is 0. The Labute approximate surface area is 103 Å². The first-order valence-corrected chi connectivity index (χ1v) is 5.38. The van der Waals surface area contributed by atoms with E-state index in [4.69, 9.17) is 5.26 Å². The summed E-state index contributed by atoms with van der Waals surface area (Å²) < 4.78 is 35.6. The Balaban J connectivity index is 2.36. The van der Waals surface area contributed by atoms with Crippen molar-refractivity contribution in [3.05, 3.63) is 35.4 Å². The molecule has 0 fully saturated rings. The number of nitrogens with zero attached hydrogens (tertiary/aromatic N) is 1. The zero-order chi connectivity index (χ0) is 13.6. The highest BCUT2D eigenvalue weighted by molar-refractivity contribution is 5.32. The Kier molecular flexibility index (Phi) is 5.13. The lowest BCUT2D eigenvalue weighted by atomic mass is 10.1. The van der Waals surface area contributed by atoms with Gasteiger partial charge in [-0.1, -0.05) is 12.1 Å². The van der Waals surface area contributed by atoms with Gasteiger partial charge >= 0.3 is 6.18 Å². The Morgan fingerprint density at radius 3 is 2.39 bits per heavy atom. The SMILES string of the molecule is N#Cc1ccc(C(O)CNCCC(F)(F)F)cc1. The summed E-state index contributed by atoms with van der Waals surface area (Å²) in [6.07, 6.45) is -5.99. The lowest BCUT2D eigenvalue weighted by molar-refractivity contribution is -0.133. The average Bonchev–Trinajstić information content (AvgIpc) is 2.33. The Bertz CT molecular complexity index is 409. The van der Waals surface area contributed by atoms with E-state index in [1.807, 2.05) is 6.07 Å². The van der Waals surface area contributed by atoms with Crippen LogP contribution in [0.4, 0.5) is 13.2 Å². The van der Waals surface area contributed by atoms with Crippen LogP contribution in [0.15, 0.2) is 24.3 Å². The van der Waals surface area contributed by atoms with Crippen molar-refractivity contribution in [1.29, 1.82) is 5.26 Å². The van der Waals surface area contributed by atoms with Gasteiger partial charge in [-0.3, -0.25) is 0 Å². The molecule has 1 atom stereocenters. The van der Waals surface area contributed by atoms with Crippen LogP contribution in [0.5, 0.6) is 0 Å². The van der Waals surface area contributed by atoms with Gasteiger partial charge in [-0.25, -0.2) is 0 Å². The summed E-state index contributed by atoms with van der Waals surface area (Å²) in [5, 5.41) is 20.8. The molecule has 1 aromatic rings. The van der Waals surface area contributed by atoms with E-state index in [0.717, 1.165) is 0 Å². The number of alkyl halides is 3. The number of benzene rings is 1. The monoisotopic (exact) mass is 258 g/mol. The molecule has 0 spiro atoms. The Morgan fingerprint density at radius 1 is 1.28 bits per heavy atom. The van der Waals surface area contributed by atoms with Crippen LogP contribution in [-0.2, 0) is 0 Å². The third-order valence-corrected chi connectivity index (χ3v) is 2.35. The van der Waals surface area contributed by atoms with Gasteiger partial charge in [0.1, 0.15) is 0 Å². The highest BCUT2D eigenvalue weighted by Crippen LogP contribution is 2.18. The van der Waals surface area contributed by atoms with Crippen LogP contribution in [0.1, 0.15) is 23.7 Å². The van der Waals surface area contributed by atoms with Crippen LogP contribution in [0.3, 0.4) is 0 Å². The minimum atomic E-state index is -4.19. The van der Waals surface area contributed by atoms with Crippen molar-refractivity contribution >= 4 is 0 Å². The van der Waals surface area contributed by atoms with Crippen LogP contribution < -0.4 is 5.32 Å². The topological polar surface area (TPSA) is 56.0 Å². The standard InChI is InChI=1S/C12H13F3N2O/c13-12(14,15)5-6-17-8-11(18)10-3-1-9(7-16)2-4-10/h1-4,11,17-18H,5-6,8H2. The van der Waals surface area contributed by atoms with E-state index in [9.17, 15) is 18.3 Å². The van der Waals surface area contributed by atoms with E-state index in [2.05, 4.69) is 5.32 Å². The lowest BCUT2D eigenvalue weighted by Crippen LogP contribution is -2.26. The summed E-state index contributed by atoms with van der Waals surface area (Å²) in [6, 6.07) is 8.20. The van der Waals surface area contributed by atoms with E-state index in [1.54, 1.807) is 24.3 Å². The molecular weight excluding hydrogens is 245 g/mol. The molecule has 0 aliphatic heterocycles. The van der Waals surface area contributed by atoms with Crippen molar-refractivity contribution in [3.8, 4) is 6.07 Å². The molecule has 3 nitrogen and oxygen atoms in total. The first-order chi connectivity index (χ1) is 8.42. The molecule has 0 heterocycles. The van der Waals surface area contributed by atoms with E-state index < -0.39 is 18.7 Å². The summed E-state index contributed by atoms with van der Waals surface area (Å²) in [6.45, 7) is -0.182. The van der Waals surface area contributed by atoms with Gasteiger partial charge in [0.2, 0.25) is 0 Å². The number of rotatable bonds is 5. The van der Waals surface area contributed by atoms with Crippen LogP contribution in [-0.4, -0.2) is 24.4 Å². The smallest absolute Gasteiger partial charge is 0.387 e. The predicted octanol–water partition coefficient (Wildman–Crippen LogP) is 2.13. The predicted molar refractivity (Wildman–Crippen MR) is 59.7 cm³/mol. The minimum absolute atomic E-state index is 0.0436. The lowest BCUT2D eigenvalue weighted by Gasteiger charge is -2.13. The highest BCUT2D eigenvalue weighted by Gasteiger charge is 2.26. The first-order valence-electron chi connectivity index (χ1n) is 5.38. The fraction of sp³-hybridized carbons (Fsp3) is 0.417. The summed E-state index contributed by atoms with van der Waals surface area (Å²) in [4.78, 5) is 0. The van der Waals surface area contributed by atoms with Gasteiger partial charge < -0.3 is 10.4 Å². The Morgan fingerprint density at radius 2 is 1.89 bits per heavy atom. The van der Waals surface area contributed by atoms with E-state index in [-0.39, 0.29) is 13.1 Å². The molecule has 1 rings (SSSR count). The largest absolute Gasteiger partial charge is 0.390 e. The molecule has 0 aliphatic carbocycles. The molecule has 18 heavy (non-hydrogen) atoms. The number of nitrogens with one attached hydrogen (secondary N) is 1. The molecule has 0 bridgehead atoms. The number of hydrogen-bond donors (Lipinski definition) is 2. The summed E-state index contributed by atoms with van der Waals surface area (Å²) in [7, 11) is 0. The zero-order valence-electron chi connectivity index (χ0n) is 9.54. The maximum atomic E-state index is 11.9. The molecule has 0 saturated heterocycles. The molecule has 98 valence electrons. The van der Waals surface area contributed by atoms with Crippen LogP contribution in [0, 0.1) is 11.3 Å². The maximum Gasteiger partial charge on any atom is 0.390 e. The first kappa shape index (κ1) is 14.5. The molecule has 6 heteroatoms. The molecule has 0 aromatic heterocycles. The van der Waals surface area contributed by atoms with Crippen LogP contribution >= 0.6 is 0 Å². The molecule has 0 saturated carbocycles. The number of aliphatic hydroxyl groups excluding tert-OH is 1. The van der Waals surface area contributed by atoms with E-state index >= 15 is 0 Å². The van der Waals surface area contributed by atoms with Crippen molar-refractivity contribution in [2.24, 2.45) is 0 Å². The molecule has 1 aromatic carbocycles. The van der Waals surface area contributed by atoms with Gasteiger partial charge in [-0.2, -0.15) is 18.4 Å². The van der Waals surface area contributed by atoms with Crippen molar-refractivity contribution < 1.29 is 18.3 Å². The second kappa shape index (κ2) is 6.38. The quantitative estimate of drug-likeness (QED) is 0.795. The second-order valence-electron chi connectivity index (χ2n) is 3.82. The molecular formula is C12H13F3N2O. The van der Waals surface area contributed by atoms with Gasteiger partial charge in [0.15, 0.2) is 0 Å². The second-order valence-corrected chi connectivity index (χ2v) is 3.82. The van der Waals surface area contributed by atoms with Gasteiger partial charge in [0, 0.05) is 13.1 Å². The highest BCUT2D eigenvalue weighted by atomic mass is 19.4. The molecule has 2 N–H and O–H groups in total. The third-order valence-electron chi connectivity index (χ3n) is 2.35. The van der Waals surface area contributed by atoms with Gasteiger partial charge in [0.25, 0.3) is 0 Å². The van der Waals surface area contributed by atoms with Crippen molar-refractivity contribution in [2.45, 2.75) is 18.7 Å². The average molecular weight is 258 g/mol. The van der Waals surface area contributed by atoms with Crippen molar-refractivity contribution in [3.63, 3.8) is 0 Å². The number of hydrogen-bond acceptors (Lipinski definition) is 3. The maximum absolute atomic E-state index is 11.9.